The quantitative estimate of drug-likeness (QED) is 0.229. The summed E-state index contributed by atoms with van der Waals surface area (Å²) in [6.45, 7) is 7.10. The van der Waals surface area contributed by atoms with E-state index in [4.69, 9.17) is 4.43 Å². The summed E-state index contributed by atoms with van der Waals surface area (Å²) < 4.78 is 36.7. The number of hydrogen-bond donors (Lipinski definition) is 0. The summed E-state index contributed by atoms with van der Waals surface area (Å²) >= 11 is 2.64. The Morgan fingerprint density at radius 2 is 1.29 bits per heavy atom. The van der Waals surface area contributed by atoms with Crippen molar-refractivity contribution in [1.29, 1.82) is 0 Å². The molecule has 3 aromatic rings. The summed E-state index contributed by atoms with van der Waals surface area (Å²) in [7, 11) is -6.40. The van der Waals surface area contributed by atoms with Gasteiger partial charge in [-0.2, -0.15) is 8.42 Å². The first-order chi connectivity index (χ1) is 16.1. The zero-order chi connectivity index (χ0) is 24.8. The number of nitrogens with zero attached hydrogens (tertiary/aromatic N) is 1. The van der Waals surface area contributed by atoms with Gasteiger partial charge in [-0.1, -0.05) is 93.6 Å². The first kappa shape index (κ1) is 26.8. The SMILES string of the molecule is CSC(=NS(=O)(=O)c1ccc(CO[Si](c2ccccc2)(c2ccccc2)C(C)(C)C)cc1)SC. The Morgan fingerprint density at radius 1 is 0.824 bits per heavy atom. The van der Waals surface area contributed by atoms with Crippen molar-refractivity contribution >= 4 is 56.6 Å². The lowest BCUT2D eigenvalue weighted by Crippen LogP contribution is -2.66. The van der Waals surface area contributed by atoms with E-state index in [9.17, 15) is 8.42 Å². The molecular weight excluding hydrogens is 499 g/mol. The van der Waals surface area contributed by atoms with Gasteiger partial charge in [0.05, 0.1) is 11.5 Å². The second kappa shape index (κ2) is 11.3. The number of hydrogen-bond acceptors (Lipinski definition) is 5. The van der Waals surface area contributed by atoms with E-state index < -0.39 is 18.3 Å². The van der Waals surface area contributed by atoms with Crippen molar-refractivity contribution in [2.24, 2.45) is 4.40 Å². The molecule has 180 valence electrons. The number of sulfonamides is 1. The Bertz CT molecular complexity index is 1160. The fraction of sp³-hybridized carbons (Fsp3) is 0.269. The van der Waals surface area contributed by atoms with Crippen LogP contribution in [0.3, 0.4) is 0 Å². The highest BCUT2D eigenvalue weighted by Crippen LogP contribution is 2.37. The summed E-state index contributed by atoms with van der Waals surface area (Å²) in [5.41, 5.74) is 0.922. The molecular formula is C26H31NO3S3Si. The Balaban J connectivity index is 1.96. The highest BCUT2D eigenvalue weighted by atomic mass is 32.2. The second-order valence-electron chi connectivity index (χ2n) is 8.84. The third kappa shape index (κ3) is 5.86. The molecule has 0 aliphatic carbocycles. The lowest BCUT2D eigenvalue weighted by molar-refractivity contribution is 0.286. The van der Waals surface area contributed by atoms with Crippen molar-refractivity contribution in [3.05, 3.63) is 90.5 Å². The summed E-state index contributed by atoms with van der Waals surface area (Å²) in [6.07, 6.45) is 3.63. The normalized spacial score (nSPS) is 12.4. The van der Waals surface area contributed by atoms with Crippen molar-refractivity contribution in [1.82, 2.24) is 0 Å². The molecule has 0 bridgehead atoms. The minimum Gasteiger partial charge on any atom is -0.403 e. The standard InChI is InChI=1S/C26H31NO3S3Si/c1-26(2,3)34(23-12-8-6-9-13-23,24-14-10-7-11-15-24)30-20-21-16-18-22(19-17-21)33(28,29)27-25(31-4)32-5/h6-19H,20H2,1-5H3. The van der Waals surface area contributed by atoms with Gasteiger partial charge in [0.2, 0.25) is 0 Å². The van der Waals surface area contributed by atoms with E-state index in [2.05, 4.69) is 73.7 Å². The largest absolute Gasteiger partial charge is 0.403 e. The Hall–Kier alpha value is -1.84. The van der Waals surface area contributed by atoms with Gasteiger partial charge in [0, 0.05) is 0 Å². The molecule has 0 fully saturated rings. The average Bonchev–Trinajstić information content (AvgIpc) is 2.84. The van der Waals surface area contributed by atoms with E-state index in [1.807, 2.05) is 36.8 Å². The number of rotatable bonds is 7. The van der Waals surface area contributed by atoms with Crippen LogP contribution in [0, 0.1) is 0 Å². The molecule has 0 N–H and O–H groups in total. The van der Waals surface area contributed by atoms with Crippen LogP contribution in [0.4, 0.5) is 0 Å². The van der Waals surface area contributed by atoms with Gasteiger partial charge in [-0.05, 0) is 45.6 Å². The van der Waals surface area contributed by atoms with Crippen LogP contribution in [-0.2, 0) is 21.1 Å². The molecule has 0 aliphatic rings. The third-order valence-electron chi connectivity index (χ3n) is 5.64. The number of thioether (sulfide) groups is 2. The molecule has 3 rings (SSSR count). The van der Waals surface area contributed by atoms with E-state index in [1.54, 1.807) is 12.1 Å². The maximum Gasteiger partial charge on any atom is 0.283 e. The van der Waals surface area contributed by atoms with Crippen molar-refractivity contribution in [2.75, 3.05) is 12.5 Å². The smallest absolute Gasteiger partial charge is 0.283 e. The van der Waals surface area contributed by atoms with E-state index in [-0.39, 0.29) is 9.93 Å². The van der Waals surface area contributed by atoms with Crippen molar-refractivity contribution < 1.29 is 12.8 Å². The van der Waals surface area contributed by atoms with Crippen LogP contribution >= 0.6 is 23.5 Å². The van der Waals surface area contributed by atoms with Gasteiger partial charge in [-0.15, -0.1) is 27.9 Å². The van der Waals surface area contributed by atoms with E-state index in [0.717, 1.165) is 5.56 Å². The highest BCUT2D eigenvalue weighted by Gasteiger charge is 2.50. The van der Waals surface area contributed by atoms with E-state index >= 15 is 0 Å². The molecule has 0 aromatic heterocycles. The van der Waals surface area contributed by atoms with Crippen LogP contribution < -0.4 is 10.4 Å². The topological polar surface area (TPSA) is 55.7 Å². The summed E-state index contributed by atoms with van der Waals surface area (Å²) in [4.78, 5) is 0.183. The molecule has 0 amide bonds. The molecule has 8 heteroatoms. The highest BCUT2D eigenvalue weighted by molar-refractivity contribution is 8.38. The van der Waals surface area contributed by atoms with E-state index in [0.29, 0.717) is 11.0 Å². The Labute approximate surface area is 213 Å². The third-order valence-corrected chi connectivity index (χ3v) is 14.0. The van der Waals surface area contributed by atoms with Crippen molar-refractivity contribution in [3.63, 3.8) is 0 Å². The van der Waals surface area contributed by atoms with Gasteiger partial charge in [0.1, 0.15) is 4.38 Å². The molecule has 0 radical (unpaired) electrons. The lowest BCUT2D eigenvalue weighted by atomic mass is 10.2. The monoisotopic (exact) mass is 529 g/mol. The van der Waals surface area contributed by atoms with Gasteiger partial charge in [0.15, 0.2) is 0 Å². The van der Waals surface area contributed by atoms with Gasteiger partial charge >= 0.3 is 0 Å². The fourth-order valence-corrected chi connectivity index (χ4v) is 11.2. The molecule has 3 aromatic carbocycles. The molecule has 0 saturated carbocycles. The molecule has 0 aliphatic heterocycles. The minimum atomic E-state index is -3.74. The van der Waals surface area contributed by atoms with Crippen LogP contribution in [0.5, 0.6) is 0 Å². The zero-order valence-electron chi connectivity index (χ0n) is 20.2. The molecule has 34 heavy (non-hydrogen) atoms. The van der Waals surface area contributed by atoms with Crippen LogP contribution in [0.1, 0.15) is 26.3 Å². The molecule has 0 atom stereocenters. The van der Waals surface area contributed by atoms with Gasteiger partial charge in [0.25, 0.3) is 18.3 Å². The van der Waals surface area contributed by atoms with Gasteiger partial charge in [-0.25, -0.2) is 0 Å². The van der Waals surface area contributed by atoms with Gasteiger partial charge < -0.3 is 4.43 Å². The predicted octanol–water partition coefficient (Wildman–Crippen LogP) is 5.53. The second-order valence-corrected chi connectivity index (χ2v) is 16.6. The van der Waals surface area contributed by atoms with Crippen LogP contribution in [0.15, 0.2) is 94.2 Å². The van der Waals surface area contributed by atoms with Crippen molar-refractivity contribution in [3.8, 4) is 0 Å². The molecule has 0 heterocycles. The van der Waals surface area contributed by atoms with Crippen LogP contribution in [-0.4, -0.2) is 33.6 Å². The molecule has 0 spiro atoms. The minimum absolute atomic E-state index is 0.125. The molecule has 0 unspecified atom stereocenters. The Morgan fingerprint density at radius 3 is 1.71 bits per heavy atom. The summed E-state index contributed by atoms with van der Waals surface area (Å²) in [5, 5.41) is 2.30. The summed E-state index contributed by atoms with van der Waals surface area (Å²) in [5.74, 6) is 0. The zero-order valence-corrected chi connectivity index (χ0v) is 23.6. The fourth-order valence-electron chi connectivity index (χ4n) is 4.02. The number of benzene rings is 3. The molecule has 0 saturated heterocycles. The van der Waals surface area contributed by atoms with E-state index in [1.165, 1.54) is 33.9 Å². The first-order valence-corrected chi connectivity index (χ1v) is 16.7. The van der Waals surface area contributed by atoms with Gasteiger partial charge in [-0.3, -0.25) is 0 Å². The van der Waals surface area contributed by atoms with Crippen molar-refractivity contribution in [2.45, 2.75) is 37.3 Å². The Kier molecular flexibility index (Phi) is 8.86. The predicted molar refractivity (Wildman–Crippen MR) is 151 cm³/mol. The first-order valence-electron chi connectivity index (χ1n) is 10.9. The van der Waals surface area contributed by atoms with Crippen LogP contribution in [0.2, 0.25) is 5.04 Å². The summed E-state index contributed by atoms with van der Waals surface area (Å²) in [6, 6.07) is 27.8. The van der Waals surface area contributed by atoms with Crippen LogP contribution in [0.25, 0.3) is 0 Å². The average molecular weight is 530 g/mol. The molecule has 4 nitrogen and oxygen atoms in total. The maximum atomic E-state index is 12.7. The maximum absolute atomic E-state index is 12.7. The lowest BCUT2D eigenvalue weighted by Gasteiger charge is -2.43.